The predicted octanol–water partition coefficient (Wildman–Crippen LogP) is 1.15. The fourth-order valence-electron chi connectivity index (χ4n) is 2.08. The van der Waals surface area contributed by atoms with Gasteiger partial charge in [0.25, 0.3) is 0 Å². The Morgan fingerprint density at radius 2 is 2.26 bits per heavy atom. The van der Waals surface area contributed by atoms with E-state index >= 15 is 0 Å². The second-order valence-corrected chi connectivity index (χ2v) is 4.43. The van der Waals surface area contributed by atoms with Crippen molar-refractivity contribution in [1.82, 2.24) is 10.6 Å². The van der Waals surface area contributed by atoms with Crippen LogP contribution in [0, 0.1) is 5.82 Å². The van der Waals surface area contributed by atoms with Gasteiger partial charge in [0, 0.05) is 12.1 Å². The van der Waals surface area contributed by atoms with Gasteiger partial charge < -0.3 is 15.7 Å². The topological polar surface area (TPSA) is 61.4 Å². The normalized spacial score (nSPS) is 19.6. The molecule has 2 rings (SSSR count). The van der Waals surface area contributed by atoms with Crippen LogP contribution in [0.15, 0.2) is 24.3 Å². The summed E-state index contributed by atoms with van der Waals surface area (Å²) in [6, 6.07) is 5.84. The molecule has 0 aliphatic carbocycles. The highest BCUT2D eigenvalue weighted by molar-refractivity contribution is 5.85. The summed E-state index contributed by atoms with van der Waals surface area (Å²) in [5, 5.41) is 15.5. The van der Waals surface area contributed by atoms with Crippen LogP contribution in [0.1, 0.15) is 24.5 Å². The number of carbonyl (C=O) groups excluding carboxylic acids is 1. The third-order valence-corrected chi connectivity index (χ3v) is 3.11. The molecule has 1 aromatic carbocycles. The molecule has 2 unspecified atom stereocenters. The quantitative estimate of drug-likeness (QED) is 0.779. The Hall–Kier alpha value is -1.17. The zero-order valence-electron chi connectivity index (χ0n) is 10.4. The highest BCUT2D eigenvalue weighted by Crippen LogP contribution is 2.15. The smallest absolute Gasteiger partial charge is 0.237 e. The molecule has 1 saturated heterocycles. The van der Waals surface area contributed by atoms with E-state index in [1.807, 2.05) is 0 Å². The number of aliphatic hydroxyl groups is 1. The summed E-state index contributed by atoms with van der Waals surface area (Å²) in [4.78, 5) is 11.7. The zero-order chi connectivity index (χ0) is 13.0. The van der Waals surface area contributed by atoms with E-state index in [9.17, 15) is 14.3 Å². The van der Waals surface area contributed by atoms with Crippen LogP contribution in [0.25, 0.3) is 0 Å². The molecule has 0 saturated carbocycles. The zero-order valence-corrected chi connectivity index (χ0v) is 11.3. The number of hydrogen-bond acceptors (Lipinski definition) is 3. The Labute approximate surface area is 117 Å². The molecule has 6 heteroatoms. The van der Waals surface area contributed by atoms with E-state index in [2.05, 4.69) is 10.6 Å². The summed E-state index contributed by atoms with van der Waals surface area (Å²) in [5.41, 5.74) is 0.206. The van der Waals surface area contributed by atoms with Crippen molar-refractivity contribution in [3.8, 4) is 0 Å². The number of carbonyl (C=O) groups is 1. The van der Waals surface area contributed by atoms with E-state index in [4.69, 9.17) is 0 Å². The van der Waals surface area contributed by atoms with E-state index in [1.54, 1.807) is 12.1 Å². The van der Waals surface area contributed by atoms with Crippen molar-refractivity contribution < 1.29 is 14.3 Å². The lowest BCUT2D eigenvalue weighted by molar-refractivity contribution is -0.123. The third kappa shape index (κ3) is 4.16. The molecule has 1 amide bonds. The van der Waals surface area contributed by atoms with Crippen LogP contribution in [-0.4, -0.2) is 30.1 Å². The lowest BCUT2D eigenvalue weighted by Gasteiger charge is -2.15. The van der Waals surface area contributed by atoms with Gasteiger partial charge in [-0.2, -0.15) is 0 Å². The summed E-state index contributed by atoms with van der Waals surface area (Å²) in [5.74, 6) is -0.596. The van der Waals surface area contributed by atoms with Crippen LogP contribution < -0.4 is 10.6 Å². The first-order valence-corrected chi connectivity index (χ1v) is 6.12. The highest BCUT2D eigenvalue weighted by Gasteiger charge is 2.22. The molecule has 1 aromatic rings. The summed E-state index contributed by atoms with van der Waals surface area (Å²) in [7, 11) is 0. The Kier molecular flexibility index (Phi) is 6.21. The van der Waals surface area contributed by atoms with Crippen LogP contribution >= 0.6 is 12.4 Å². The van der Waals surface area contributed by atoms with E-state index in [1.165, 1.54) is 12.1 Å². The van der Waals surface area contributed by atoms with Crippen LogP contribution in [-0.2, 0) is 4.79 Å². The van der Waals surface area contributed by atoms with E-state index in [0.717, 1.165) is 19.4 Å². The average Bonchev–Trinajstić information content (AvgIpc) is 2.90. The first-order chi connectivity index (χ1) is 8.68. The molecule has 106 valence electrons. The minimum absolute atomic E-state index is 0. The minimum atomic E-state index is -1.02. The van der Waals surface area contributed by atoms with Gasteiger partial charge in [0.2, 0.25) is 5.91 Å². The van der Waals surface area contributed by atoms with Crippen LogP contribution in [0.5, 0.6) is 0 Å². The molecule has 3 N–H and O–H groups in total. The molecule has 0 spiro atoms. The van der Waals surface area contributed by atoms with Crippen LogP contribution in [0.2, 0.25) is 0 Å². The Balaban J connectivity index is 0.00000180. The molecule has 1 heterocycles. The third-order valence-electron chi connectivity index (χ3n) is 3.11. The fraction of sp³-hybridized carbons (Fsp3) is 0.462. The van der Waals surface area contributed by atoms with Crippen molar-refractivity contribution in [1.29, 1.82) is 0 Å². The van der Waals surface area contributed by atoms with Crippen LogP contribution in [0.4, 0.5) is 4.39 Å². The maximum Gasteiger partial charge on any atom is 0.237 e. The van der Waals surface area contributed by atoms with E-state index in [0.29, 0.717) is 0 Å². The lowest BCUT2D eigenvalue weighted by Crippen LogP contribution is -2.41. The average molecular weight is 289 g/mol. The molecular weight excluding hydrogens is 271 g/mol. The number of halogens is 2. The molecule has 0 radical (unpaired) electrons. The molecular formula is C13H18ClFN2O2. The highest BCUT2D eigenvalue weighted by atomic mass is 35.5. The summed E-state index contributed by atoms with van der Waals surface area (Å²) in [6.45, 7) is 0.867. The maximum atomic E-state index is 13.4. The van der Waals surface area contributed by atoms with Gasteiger partial charge in [0.1, 0.15) is 5.82 Å². The molecule has 4 nitrogen and oxygen atoms in total. The number of aliphatic hydroxyl groups excluding tert-OH is 1. The molecule has 2 atom stereocenters. The number of hydrogen-bond donors (Lipinski definition) is 3. The lowest BCUT2D eigenvalue weighted by atomic mass is 10.1. The summed E-state index contributed by atoms with van der Waals surface area (Å²) < 4.78 is 13.4. The predicted molar refractivity (Wildman–Crippen MR) is 72.6 cm³/mol. The van der Waals surface area contributed by atoms with Crippen molar-refractivity contribution in [2.75, 3.05) is 13.1 Å². The van der Waals surface area contributed by atoms with Crippen molar-refractivity contribution in [3.63, 3.8) is 0 Å². The summed E-state index contributed by atoms with van der Waals surface area (Å²) in [6.07, 6.45) is 0.770. The summed E-state index contributed by atoms with van der Waals surface area (Å²) >= 11 is 0. The van der Waals surface area contributed by atoms with Gasteiger partial charge in [-0.1, -0.05) is 18.2 Å². The molecule has 0 bridgehead atoms. The first kappa shape index (κ1) is 15.9. The Morgan fingerprint density at radius 3 is 2.89 bits per heavy atom. The SMILES string of the molecule is Cl.O=C(NCC(O)c1ccccc1F)C1CCCN1. The number of rotatable bonds is 4. The van der Waals surface area contributed by atoms with Crippen LogP contribution in [0.3, 0.4) is 0 Å². The fourth-order valence-corrected chi connectivity index (χ4v) is 2.08. The van der Waals surface area contributed by atoms with Gasteiger partial charge >= 0.3 is 0 Å². The monoisotopic (exact) mass is 288 g/mol. The number of nitrogens with one attached hydrogen (secondary N) is 2. The Bertz CT molecular complexity index is 425. The molecule has 1 aliphatic rings. The molecule has 1 aliphatic heterocycles. The van der Waals surface area contributed by atoms with Crippen molar-refractivity contribution in [2.24, 2.45) is 0 Å². The van der Waals surface area contributed by atoms with Crippen molar-refractivity contribution in [2.45, 2.75) is 25.0 Å². The number of benzene rings is 1. The maximum absolute atomic E-state index is 13.4. The van der Waals surface area contributed by atoms with Gasteiger partial charge in [0.05, 0.1) is 12.1 Å². The van der Waals surface area contributed by atoms with Gasteiger partial charge in [0.15, 0.2) is 0 Å². The van der Waals surface area contributed by atoms with Gasteiger partial charge in [-0.15, -0.1) is 12.4 Å². The minimum Gasteiger partial charge on any atom is -0.386 e. The van der Waals surface area contributed by atoms with Crippen molar-refractivity contribution in [3.05, 3.63) is 35.6 Å². The Morgan fingerprint density at radius 1 is 1.53 bits per heavy atom. The number of amides is 1. The van der Waals surface area contributed by atoms with Gasteiger partial charge in [-0.05, 0) is 25.5 Å². The second-order valence-electron chi connectivity index (χ2n) is 4.43. The van der Waals surface area contributed by atoms with Gasteiger partial charge in [-0.3, -0.25) is 4.79 Å². The molecule has 1 fully saturated rings. The van der Waals surface area contributed by atoms with E-state index in [-0.39, 0.29) is 36.5 Å². The largest absolute Gasteiger partial charge is 0.386 e. The van der Waals surface area contributed by atoms with Gasteiger partial charge in [-0.25, -0.2) is 4.39 Å². The second kappa shape index (κ2) is 7.43. The first-order valence-electron chi connectivity index (χ1n) is 6.12. The van der Waals surface area contributed by atoms with E-state index < -0.39 is 11.9 Å². The molecule has 19 heavy (non-hydrogen) atoms. The molecule has 0 aromatic heterocycles. The standard InChI is InChI=1S/C13H17FN2O2.ClH/c14-10-5-2-1-4-9(10)12(17)8-16-13(18)11-6-3-7-15-11;/h1-2,4-5,11-12,15,17H,3,6-8H2,(H,16,18);1H. The van der Waals surface area contributed by atoms with Crippen molar-refractivity contribution >= 4 is 18.3 Å².